The van der Waals surface area contributed by atoms with Crippen molar-refractivity contribution in [2.24, 2.45) is 0 Å². The lowest BCUT2D eigenvalue weighted by Gasteiger charge is -2.17. The van der Waals surface area contributed by atoms with Crippen LogP contribution in [0.25, 0.3) is 0 Å². The molecule has 0 fully saturated rings. The highest BCUT2D eigenvalue weighted by atomic mass is 16.5. The van der Waals surface area contributed by atoms with E-state index in [1.165, 1.54) is 0 Å². The number of nitrogens with zero attached hydrogens (tertiary/aromatic N) is 2. The molecule has 0 spiro atoms. The lowest BCUT2D eigenvalue weighted by Crippen LogP contribution is -2.29. The maximum atomic E-state index is 12.3. The Kier molecular flexibility index (Phi) is 5.73. The molecule has 1 aromatic heterocycles. The van der Waals surface area contributed by atoms with Gasteiger partial charge in [-0.1, -0.05) is 26.0 Å². The summed E-state index contributed by atoms with van der Waals surface area (Å²) in [7, 11) is 1.64. The van der Waals surface area contributed by atoms with Crippen LogP contribution in [0.1, 0.15) is 55.9 Å². The van der Waals surface area contributed by atoms with Crippen molar-refractivity contribution in [3.8, 4) is 5.75 Å². The van der Waals surface area contributed by atoms with Gasteiger partial charge in [0.1, 0.15) is 11.6 Å². The second-order valence-corrected chi connectivity index (χ2v) is 5.69. The molecule has 2 N–H and O–H groups in total. The number of methoxy groups -OCH3 is 1. The van der Waals surface area contributed by atoms with Crippen LogP contribution < -0.4 is 10.1 Å². The standard InChI is InChI=1S/C17H24N4O2/c1-5-15(17-18-12(3)20-21-17)19-16(22)9-11(2)13-7-6-8-14(10-13)23-4/h6-8,10-11,15H,5,9H2,1-4H3,(H,19,22)(H,18,20,21)/t11-,15-/m1/s1. The fourth-order valence-electron chi connectivity index (χ4n) is 2.46. The number of aromatic nitrogens is 3. The maximum absolute atomic E-state index is 12.3. The van der Waals surface area contributed by atoms with E-state index >= 15 is 0 Å². The summed E-state index contributed by atoms with van der Waals surface area (Å²) >= 11 is 0. The van der Waals surface area contributed by atoms with E-state index in [9.17, 15) is 4.79 Å². The Balaban J connectivity index is 1.97. The van der Waals surface area contributed by atoms with Crippen LogP contribution in [0.5, 0.6) is 5.75 Å². The monoisotopic (exact) mass is 316 g/mol. The van der Waals surface area contributed by atoms with Gasteiger partial charge in [-0.05, 0) is 37.0 Å². The quantitative estimate of drug-likeness (QED) is 0.823. The van der Waals surface area contributed by atoms with Crippen LogP contribution in [0.15, 0.2) is 24.3 Å². The molecular weight excluding hydrogens is 292 g/mol. The number of amides is 1. The van der Waals surface area contributed by atoms with Crippen LogP contribution in [0.2, 0.25) is 0 Å². The summed E-state index contributed by atoms with van der Waals surface area (Å²) < 4.78 is 5.23. The van der Waals surface area contributed by atoms with Crippen molar-refractivity contribution in [3.63, 3.8) is 0 Å². The predicted octanol–water partition coefficient (Wildman–Crippen LogP) is 2.88. The third-order valence-electron chi connectivity index (χ3n) is 3.82. The summed E-state index contributed by atoms with van der Waals surface area (Å²) in [5.74, 6) is 2.29. The van der Waals surface area contributed by atoms with Crippen molar-refractivity contribution in [1.82, 2.24) is 20.5 Å². The molecule has 0 radical (unpaired) electrons. The van der Waals surface area contributed by atoms with Gasteiger partial charge in [0.25, 0.3) is 0 Å². The number of carbonyl (C=O) groups excluding carboxylic acids is 1. The Morgan fingerprint density at radius 2 is 2.22 bits per heavy atom. The summed E-state index contributed by atoms with van der Waals surface area (Å²) in [6.07, 6.45) is 1.16. The largest absolute Gasteiger partial charge is 0.497 e. The summed E-state index contributed by atoms with van der Waals surface area (Å²) in [5.41, 5.74) is 1.08. The molecule has 0 saturated carbocycles. The predicted molar refractivity (Wildman–Crippen MR) is 88.3 cm³/mol. The van der Waals surface area contributed by atoms with Gasteiger partial charge < -0.3 is 10.1 Å². The van der Waals surface area contributed by atoms with Crippen molar-refractivity contribution < 1.29 is 9.53 Å². The SMILES string of the molecule is CC[C@@H](NC(=O)C[C@@H](C)c1cccc(OC)c1)c1n[nH]c(C)n1. The van der Waals surface area contributed by atoms with Gasteiger partial charge >= 0.3 is 0 Å². The number of hydrogen-bond acceptors (Lipinski definition) is 4. The third-order valence-corrected chi connectivity index (χ3v) is 3.82. The first-order valence-electron chi connectivity index (χ1n) is 7.85. The fraction of sp³-hybridized carbons (Fsp3) is 0.471. The molecule has 1 amide bonds. The Labute approximate surface area is 136 Å². The zero-order valence-corrected chi connectivity index (χ0v) is 14.1. The normalized spacial score (nSPS) is 13.4. The van der Waals surface area contributed by atoms with Gasteiger partial charge in [0, 0.05) is 6.42 Å². The molecule has 0 aliphatic rings. The average molecular weight is 316 g/mol. The van der Waals surface area contributed by atoms with E-state index < -0.39 is 0 Å². The number of aryl methyl sites for hydroxylation is 1. The Morgan fingerprint density at radius 1 is 1.43 bits per heavy atom. The zero-order valence-electron chi connectivity index (χ0n) is 14.1. The van der Waals surface area contributed by atoms with Crippen molar-refractivity contribution in [2.75, 3.05) is 7.11 Å². The first-order chi connectivity index (χ1) is 11.0. The van der Waals surface area contributed by atoms with E-state index in [0.717, 1.165) is 23.6 Å². The minimum absolute atomic E-state index is 0.00498. The van der Waals surface area contributed by atoms with Gasteiger partial charge in [0.2, 0.25) is 5.91 Å². The molecule has 0 bridgehead atoms. The van der Waals surface area contributed by atoms with E-state index in [1.54, 1.807) is 7.11 Å². The molecule has 23 heavy (non-hydrogen) atoms. The summed E-state index contributed by atoms with van der Waals surface area (Å²) in [6, 6.07) is 7.65. The Hall–Kier alpha value is -2.37. The highest BCUT2D eigenvalue weighted by molar-refractivity contribution is 5.77. The maximum Gasteiger partial charge on any atom is 0.221 e. The van der Waals surface area contributed by atoms with Gasteiger partial charge in [-0.2, -0.15) is 5.10 Å². The number of nitrogens with one attached hydrogen (secondary N) is 2. The number of H-pyrrole nitrogens is 1. The molecule has 6 heteroatoms. The first-order valence-corrected chi connectivity index (χ1v) is 7.85. The highest BCUT2D eigenvalue weighted by Gasteiger charge is 2.19. The topological polar surface area (TPSA) is 79.9 Å². The van der Waals surface area contributed by atoms with Gasteiger partial charge in [0.05, 0.1) is 13.2 Å². The highest BCUT2D eigenvalue weighted by Crippen LogP contribution is 2.23. The molecule has 1 aromatic carbocycles. The number of hydrogen-bond donors (Lipinski definition) is 2. The van der Waals surface area contributed by atoms with Crippen molar-refractivity contribution in [1.29, 1.82) is 0 Å². The van der Waals surface area contributed by atoms with Crippen LogP contribution in [-0.2, 0) is 4.79 Å². The number of carbonyl (C=O) groups is 1. The van der Waals surface area contributed by atoms with Crippen molar-refractivity contribution in [2.45, 2.75) is 45.6 Å². The molecule has 0 saturated heterocycles. The van der Waals surface area contributed by atoms with Crippen LogP contribution in [0.4, 0.5) is 0 Å². The summed E-state index contributed by atoms with van der Waals surface area (Å²) in [4.78, 5) is 16.6. The summed E-state index contributed by atoms with van der Waals surface area (Å²) in [5, 5.41) is 9.95. The molecule has 2 rings (SSSR count). The van der Waals surface area contributed by atoms with E-state index in [0.29, 0.717) is 12.2 Å². The second-order valence-electron chi connectivity index (χ2n) is 5.69. The van der Waals surface area contributed by atoms with Crippen molar-refractivity contribution >= 4 is 5.91 Å². The van der Waals surface area contributed by atoms with Gasteiger partial charge in [-0.3, -0.25) is 9.89 Å². The smallest absolute Gasteiger partial charge is 0.221 e. The number of rotatable bonds is 7. The molecule has 1 heterocycles. The van der Waals surface area contributed by atoms with Crippen LogP contribution in [0.3, 0.4) is 0 Å². The van der Waals surface area contributed by atoms with Crippen LogP contribution in [0, 0.1) is 6.92 Å². The molecule has 0 aliphatic carbocycles. The van der Waals surface area contributed by atoms with Crippen LogP contribution >= 0.6 is 0 Å². The molecule has 2 atom stereocenters. The molecule has 124 valence electrons. The third kappa shape index (κ3) is 4.55. The molecular formula is C17H24N4O2. The molecule has 6 nitrogen and oxygen atoms in total. The lowest BCUT2D eigenvalue weighted by molar-refractivity contribution is -0.122. The number of ether oxygens (including phenoxy) is 1. The van der Waals surface area contributed by atoms with E-state index in [1.807, 2.05) is 45.0 Å². The fourth-order valence-corrected chi connectivity index (χ4v) is 2.46. The minimum atomic E-state index is -0.162. The van der Waals surface area contributed by atoms with Crippen LogP contribution in [-0.4, -0.2) is 28.2 Å². The summed E-state index contributed by atoms with van der Waals surface area (Å²) in [6.45, 7) is 5.88. The number of benzene rings is 1. The van der Waals surface area contributed by atoms with E-state index in [2.05, 4.69) is 20.5 Å². The van der Waals surface area contributed by atoms with E-state index in [-0.39, 0.29) is 17.9 Å². The Morgan fingerprint density at radius 3 is 2.83 bits per heavy atom. The van der Waals surface area contributed by atoms with Gasteiger partial charge in [0.15, 0.2) is 5.82 Å². The molecule has 0 aliphatic heterocycles. The second kappa shape index (κ2) is 7.76. The first kappa shape index (κ1) is 17.0. The Bertz CT molecular complexity index is 654. The van der Waals surface area contributed by atoms with Crippen molar-refractivity contribution in [3.05, 3.63) is 41.5 Å². The van der Waals surface area contributed by atoms with Gasteiger partial charge in [-0.15, -0.1) is 0 Å². The zero-order chi connectivity index (χ0) is 16.8. The molecule has 0 unspecified atom stereocenters. The average Bonchev–Trinajstić information content (AvgIpc) is 2.98. The molecule has 2 aromatic rings. The van der Waals surface area contributed by atoms with Gasteiger partial charge in [-0.25, -0.2) is 4.98 Å². The lowest BCUT2D eigenvalue weighted by atomic mass is 9.97. The van der Waals surface area contributed by atoms with E-state index in [4.69, 9.17) is 4.74 Å². The number of aromatic amines is 1. The minimum Gasteiger partial charge on any atom is -0.497 e.